The van der Waals surface area contributed by atoms with Gasteiger partial charge >= 0.3 is 0 Å². The first-order valence-corrected chi connectivity index (χ1v) is 11.0. The summed E-state index contributed by atoms with van der Waals surface area (Å²) in [6, 6.07) is 12.4. The lowest BCUT2D eigenvalue weighted by atomic mass is 10.2. The summed E-state index contributed by atoms with van der Waals surface area (Å²) in [5.74, 6) is -0.133. The van der Waals surface area contributed by atoms with Gasteiger partial charge in [-0.15, -0.1) is 10.2 Å². The van der Waals surface area contributed by atoms with Crippen molar-refractivity contribution in [1.82, 2.24) is 20.1 Å². The Hall–Kier alpha value is -3.40. The molecule has 0 spiro atoms. The van der Waals surface area contributed by atoms with Crippen LogP contribution in [0.3, 0.4) is 0 Å². The van der Waals surface area contributed by atoms with E-state index in [1.165, 1.54) is 37.1 Å². The van der Waals surface area contributed by atoms with Crippen LogP contribution in [0.2, 0.25) is 0 Å². The minimum atomic E-state index is -0.591. The monoisotopic (exact) mass is 457 g/mol. The molecule has 0 aliphatic rings. The largest absolute Gasteiger partial charge is 0.495 e. The summed E-state index contributed by atoms with van der Waals surface area (Å²) < 4.78 is 20.9. The molecule has 0 saturated heterocycles. The van der Waals surface area contributed by atoms with Gasteiger partial charge in [-0.3, -0.25) is 9.59 Å². The SMILES string of the molecule is CCn1c(SCC(=O)Nc2ccccc2OC)nnc1[C@H](C)NC(=O)c1ccccc1F. The molecule has 1 heterocycles. The van der Waals surface area contributed by atoms with Crippen LogP contribution in [0.15, 0.2) is 53.7 Å². The molecule has 0 radical (unpaired) electrons. The molecule has 8 nitrogen and oxygen atoms in total. The van der Waals surface area contributed by atoms with Crippen LogP contribution in [0, 0.1) is 5.82 Å². The Morgan fingerprint density at radius 1 is 1.16 bits per heavy atom. The van der Waals surface area contributed by atoms with E-state index < -0.39 is 17.8 Å². The molecule has 2 aromatic carbocycles. The van der Waals surface area contributed by atoms with Crippen LogP contribution < -0.4 is 15.4 Å². The third-order valence-electron chi connectivity index (χ3n) is 4.63. The van der Waals surface area contributed by atoms with E-state index in [-0.39, 0.29) is 17.2 Å². The Morgan fingerprint density at radius 2 is 1.88 bits per heavy atom. The van der Waals surface area contributed by atoms with E-state index in [4.69, 9.17) is 4.74 Å². The molecule has 1 atom stereocenters. The van der Waals surface area contributed by atoms with Gasteiger partial charge in [0.05, 0.1) is 30.2 Å². The number of thioether (sulfide) groups is 1. The second-order valence-electron chi connectivity index (χ2n) is 6.80. The minimum Gasteiger partial charge on any atom is -0.495 e. The van der Waals surface area contributed by atoms with Gasteiger partial charge in [0.25, 0.3) is 5.91 Å². The highest BCUT2D eigenvalue weighted by Gasteiger charge is 2.21. The van der Waals surface area contributed by atoms with Crippen molar-refractivity contribution in [3.05, 3.63) is 65.7 Å². The molecule has 0 aliphatic carbocycles. The number of benzene rings is 2. The van der Waals surface area contributed by atoms with Crippen LogP contribution in [0.4, 0.5) is 10.1 Å². The van der Waals surface area contributed by atoms with E-state index in [1.807, 2.05) is 23.6 Å². The molecule has 0 bridgehead atoms. The summed E-state index contributed by atoms with van der Waals surface area (Å²) in [4.78, 5) is 24.8. The molecule has 0 aliphatic heterocycles. The lowest BCUT2D eigenvalue weighted by Crippen LogP contribution is -2.29. The second-order valence-corrected chi connectivity index (χ2v) is 7.74. The molecule has 3 aromatic rings. The summed E-state index contributed by atoms with van der Waals surface area (Å²) in [5.41, 5.74) is 0.548. The Morgan fingerprint density at radius 3 is 2.59 bits per heavy atom. The summed E-state index contributed by atoms with van der Waals surface area (Å²) >= 11 is 1.23. The zero-order valence-electron chi connectivity index (χ0n) is 18.0. The van der Waals surface area contributed by atoms with Crippen LogP contribution in [0.5, 0.6) is 5.75 Å². The number of amides is 2. The highest BCUT2D eigenvalue weighted by Crippen LogP contribution is 2.25. The number of para-hydroxylation sites is 2. The lowest BCUT2D eigenvalue weighted by molar-refractivity contribution is -0.113. The van der Waals surface area contributed by atoms with Crippen LogP contribution in [0.25, 0.3) is 0 Å². The predicted molar refractivity (Wildman–Crippen MR) is 120 cm³/mol. The van der Waals surface area contributed by atoms with Gasteiger partial charge in [0.15, 0.2) is 11.0 Å². The highest BCUT2D eigenvalue weighted by atomic mass is 32.2. The molecule has 168 valence electrons. The Labute approximate surface area is 189 Å². The number of rotatable bonds is 9. The molecule has 3 rings (SSSR count). The molecule has 0 unspecified atom stereocenters. The van der Waals surface area contributed by atoms with E-state index >= 15 is 0 Å². The smallest absolute Gasteiger partial charge is 0.254 e. The first kappa shape index (κ1) is 23.3. The van der Waals surface area contributed by atoms with Crippen LogP contribution in [-0.4, -0.2) is 39.4 Å². The third-order valence-corrected chi connectivity index (χ3v) is 5.60. The number of aromatic nitrogens is 3. The number of hydrogen-bond acceptors (Lipinski definition) is 6. The van der Waals surface area contributed by atoms with Crippen molar-refractivity contribution in [2.24, 2.45) is 0 Å². The molecular formula is C22H24FN5O3S. The summed E-state index contributed by atoms with van der Waals surface area (Å²) in [5, 5.41) is 14.4. The number of anilines is 1. The van der Waals surface area contributed by atoms with Gasteiger partial charge < -0.3 is 19.9 Å². The van der Waals surface area contributed by atoms with Crippen molar-refractivity contribution in [2.45, 2.75) is 31.6 Å². The van der Waals surface area contributed by atoms with Crippen LogP contribution >= 0.6 is 11.8 Å². The minimum absolute atomic E-state index is 0.0375. The Kier molecular flexibility index (Phi) is 7.82. The van der Waals surface area contributed by atoms with Crippen molar-refractivity contribution >= 4 is 29.3 Å². The fourth-order valence-corrected chi connectivity index (χ4v) is 3.88. The van der Waals surface area contributed by atoms with Gasteiger partial charge in [-0.05, 0) is 38.1 Å². The molecule has 2 amide bonds. The molecular weight excluding hydrogens is 433 g/mol. The average molecular weight is 458 g/mol. The zero-order chi connectivity index (χ0) is 23.1. The predicted octanol–water partition coefficient (Wildman–Crippen LogP) is 3.67. The lowest BCUT2D eigenvalue weighted by Gasteiger charge is -2.15. The third kappa shape index (κ3) is 5.44. The van der Waals surface area contributed by atoms with Gasteiger partial charge in [-0.2, -0.15) is 0 Å². The van der Waals surface area contributed by atoms with Crippen molar-refractivity contribution in [3.8, 4) is 5.75 Å². The number of carbonyl (C=O) groups is 2. The fourth-order valence-electron chi connectivity index (χ4n) is 3.07. The van der Waals surface area contributed by atoms with Gasteiger partial charge in [0, 0.05) is 6.54 Å². The standard InChI is InChI=1S/C22H24FN5O3S/c1-4-28-20(14(2)24-21(30)15-9-5-6-10-16(15)23)26-27-22(28)32-13-19(29)25-17-11-7-8-12-18(17)31-3/h5-12,14H,4,13H2,1-3H3,(H,24,30)(H,25,29)/t14-/m0/s1. The van der Waals surface area contributed by atoms with E-state index in [2.05, 4.69) is 20.8 Å². The average Bonchev–Trinajstić information content (AvgIpc) is 3.21. The van der Waals surface area contributed by atoms with Crippen LogP contribution in [-0.2, 0) is 11.3 Å². The normalized spacial score (nSPS) is 11.6. The molecule has 32 heavy (non-hydrogen) atoms. The fraction of sp³-hybridized carbons (Fsp3) is 0.273. The molecule has 0 saturated carbocycles. The number of nitrogens with one attached hydrogen (secondary N) is 2. The number of halogens is 1. The first-order valence-electron chi connectivity index (χ1n) is 9.98. The van der Waals surface area contributed by atoms with Gasteiger partial charge in [0.2, 0.25) is 5.91 Å². The van der Waals surface area contributed by atoms with Crippen molar-refractivity contribution in [3.63, 3.8) is 0 Å². The van der Waals surface area contributed by atoms with E-state index in [1.54, 1.807) is 25.1 Å². The van der Waals surface area contributed by atoms with Crippen molar-refractivity contribution in [2.75, 3.05) is 18.2 Å². The van der Waals surface area contributed by atoms with Gasteiger partial charge in [0.1, 0.15) is 11.6 Å². The zero-order valence-corrected chi connectivity index (χ0v) is 18.8. The summed E-state index contributed by atoms with van der Waals surface area (Å²) in [7, 11) is 1.54. The Balaban J connectivity index is 1.64. The Bertz CT molecular complexity index is 1100. The van der Waals surface area contributed by atoms with Crippen molar-refractivity contribution < 1.29 is 18.7 Å². The number of methoxy groups -OCH3 is 1. The maximum absolute atomic E-state index is 13.9. The second kappa shape index (κ2) is 10.8. The molecule has 10 heteroatoms. The maximum atomic E-state index is 13.9. The first-order chi connectivity index (χ1) is 15.4. The molecule has 1 aromatic heterocycles. The number of ether oxygens (including phenoxy) is 1. The number of nitrogens with zero attached hydrogens (tertiary/aromatic N) is 3. The van der Waals surface area contributed by atoms with Gasteiger partial charge in [-0.25, -0.2) is 4.39 Å². The van der Waals surface area contributed by atoms with E-state index in [9.17, 15) is 14.0 Å². The van der Waals surface area contributed by atoms with Gasteiger partial charge in [-0.1, -0.05) is 36.0 Å². The quantitative estimate of drug-likeness (QED) is 0.476. The van der Waals surface area contributed by atoms with E-state index in [0.717, 1.165) is 0 Å². The summed E-state index contributed by atoms with van der Waals surface area (Å²) in [6.45, 7) is 4.20. The van der Waals surface area contributed by atoms with E-state index in [0.29, 0.717) is 29.0 Å². The highest BCUT2D eigenvalue weighted by molar-refractivity contribution is 7.99. The topological polar surface area (TPSA) is 98.1 Å². The number of carbonyl (C=O) groups excluding carboxylic acids is 2. The molecule has 2 N–H and O–H groups in total. The van der Waals surface area contributed by atoms with Crippen LogP contribution in [0.1, 0.15) is 36.1 Å². The number of hydrogen-bond donors (Lipinski definition) is 2. The molecule has 0 fully saturated rings. The summed E-state index contributed by atoms with van der Waals surface area (Å²) in [6.07, 6.45) is 0. The maximum Gasteiger partial charge on any atom is 0.254 e. The van der Waals surface area contributed by atoms with Crippen molar-refractivity contribution in [1.29, 1.82) is 0 Å².